The van der Waals surface area contributed by atoms with E-state index < -0.39 is 33.2 Å². The van der Waals surface area contributed by atoms with E-state index in [4.69, 9.17) is 4.74 Å². The van der Waals surface area contributed by atoms with Crippen molar-refractivity contribution in [2.45, 2.75) is 79.6 Å². The van der Waals surface area contributed by atoms with Crippen molar-refractivity contribution in [3.63, 3.8) is 0 Å². The van der Waals surface area contributed by atoms with Crippen LogP contribution in [-0.4, -0.2) is 102 Å². The molecule has 17 heteroatoms. The number of carboxylic acids is 1. The number of aliphatic carboxylic acids is 1. The minimum absolute atomic E-state index is 0.0285. The van der Waals surface area contributed by atoms with Gasteiger partial charge in [-0.25, -0.2) is 8.42 Å². The number of nitrogens with zero attached hydrogens (tertiary/aromatic N) is 1. The van der Waals surface area contributed by atoms with Crippen LogP contribution in [0.2, 0.25) is 0 Å². The maximum absolute atomic E-state index is 13.8. The Kier molecular flexibility index (Phi) is 14.9. The predicted molar refractivity (Wildman–Crippen MR) is 273 cm³/mol. The Morgan fingerprint density at radius 2 is 1.73 bits per heavy atom. The first-order valence-electron chi connectivity index (χ1n) is 24.3. The normalized spacial score (nSPS) is 17.6. The monoisotopic (exact) mass is 972 g/mol. The average Bonchev–Trinajstić information content (AvgIpc) is 4.10. The van der Waals surface area contributed by atoms with Gasteiger partial charge in [-0.1, -0.05) is 26.5 Å². The number of carbonyl (C=O) groups is 4. The molecule has 1 aliphatic carbocycles. The molecule has 0 unspecified atom stereocenters. The number of aromatic amines is 3. The summed E-state index contributed by atoms with van der Waals surface area (Å²) in [6.45, 7) is 16.9. The summed E-state index contributed by atoms with van der Waals surface area (Å²) in [5, 5.41) is 24.7. The molecule has 6 heterocycles. The van der Waals surface area contributed by atoms with E-state index in [1.54, 1.807) is 24.3 Å². The van der Waals surface area contributed by atoms with E-state index in [0.717, 1.165) is 105 Å². The molecule has 1 aromatic carbocycles. The molecule has 370 valence electrons. The molecule has 1 amide bonds. The van der Waals surface area contributed by atoms with Gasteiger partial charge in [-0.3, -0.25) is 24.2 Å². The summed E-state index contributed by atoms with van der Waals surface area (Å²) in [5.74, 6) is -3.31. The molecule has 8 bridgehead atoms. The van der Waals surface area contributed by atoms with E-state index >= 15 is 0 Å². The molecule has 3 aliphatic heterocycles. The van der Waals surface area contributed by atoms with E-state index in [1.165, 1.54) is 5.56 Å². The lowest BCUT2D eigenvalue weighted by atomic mass is 9.86. The standard InChI is InChI=1S/C53H64N8O8S/c1-7-36-29(3)40-25-42-31(5)38(50(60-42)39-24-47(63)49-32(6)43(61-51(39)49)27-45-37(8-2)30(4)41(59-45)26-44(36)58-40)15-17-48(64)54-21-23-70(67,68)28-34(52(65)66)12-16-46(62)33-10-13-35(14-11-33)69-22-20-57-53-55-18-9-19-56-53/h7,10-11,13-14,25-27,31,34,38,58-61H,1,8-9,12,15-24,28H2,2-6H3,(H,54,64)(H,65,66)(H2,55,56,57)/t31-,34+,38-/m0/s1. The molecule has 3 atom stereocenters. The molecule has 1 fully saturated rings. The second kappa shape index (κ2) is 21.0. The molecule has 16 nitrogen and oxygen atoms in total. The van der Waals surface area contributed by atoms with Crippen molar-refractivity contribution in [3.05, 3.63) is 115 Å². The van der Waals surface area contributed by atoms with Crippen LogP contribution in [0.4, 0.5) is 0 Å². The average molecular weight is 973 g/mol. The number of carbonyl (C=O) groups excluding carboxylic acids is 3. The first-order chi connectivity index (χ1) is 33.5. The topological polar surface area (TPSA) is 240 Å². The summed E-state index contributed by atoms with van der Waals surface area (Å²) in [7, 11) is -3.93. The number of benzene rings is 1. The van der Waals surface area contributed by atoms with Crippen LogP contribution in [0, 0.1) is 38.5 Å². The van der Waals surface area contributed by atoms with Crippen LogP contribution in [-0.2, 0) is 25.8 Å². The lowest BCUT2D eigenvalue weighted by Crippen LogP contribution is -2.42. The van der Waals surface area contributed by atoms with Gasteiger partial charge >= 0.3 is 5.97 Å². The number of H-pyrrole nitrogens is 3. The fourth-order valence-corrected chi connectivity index (χ4v) is 11.7. The number of sulfone groups is 1. The van der Waals surface area contributed by atoms with Gasteiger partial charge in [-0.05, 0) is 111 Å². The number of amides is 1. The number of aliphatic imine (C=N–C) groups is 1. The van der Waals surface area contributed by atoms with E-state index in [-0.39, 0.29) is 61.5 Å². The number of Topliss-reactive ketones (excluding diaryl/α,β-unsaturated/α-hetero) is 2. The quantitative estimate of drug-likeness (QED) is 0.0462. The van der Waals surface area contributed by atoms with E-state index in [1.807, 2.05) is 13.0 Å². The molecule has 70 heavy (non-hydrogen) atoms. The van der Waals surface area contributed by atoms with Crippen molar-refractivity contribution in [1.82, 2.24) is 36.2 Å². The molecule has 4 aliphatic rings. The molecule has 8 rings (SSSR count). The third-order valence-electron chi connectivity index (χ3n) is 14.2. The number of fused-ring (bicyclic) bond motifs is 7. The number of nitrogens with one attached hydrogen (secondary N) is 7. The fourth-order valence-electron chi connectivity index (χ4n) is 10.2. The number of allylic oxidation sites excluding steroid dienone is 3. The van der Waals surface area contributed by atoms with Crippen molar-refractivity contribution < 1.29 is 37.4 Å². The molecule has 0 spiro atoms. The SMILES string of the molecule is C=Cc1c2[nH]c(c1C)C=C1NC(=C3CC(=O)c4c3[nH]c(c4C)C=c3[nH]c(c(C)c3CC)=C2)[C@@H](CCC(=O)NCCS(=O)(=O)C[C@@H](CCC(=O)c2ccc(OCCNC3=NCCCN3)cc2)C(=O)O)[C@@H]1C. The van der Waals surface area contributed by atoms with Gasteiger partial charge in [-0.2, -0.15) is 0 Å². The molecule has 8 N–H and O–H groups in total. The molecule has 0 saturated carbocycles. The van der Waals surface area contributed by atoms with Gasteiger partial charge in [-0.15, -0.1) is 0 Å². The highest BCUT2D eigenvalue weighted by Gasteiger charge is 2.40. The molecule has 1 saturated heterocycles. The summed E-state index contributed by atoms with van der Waals surface area (Å²) in [6.07, 6.45) is 10.4. The Morgan fingerprint density at radius 1 is 0.971 bits per heavy atom. The van der Waals surface area contributed by atoms with E-state index in [0.29, 0.717) is 36.4 Å². The van der Waals surface area contributed by atoms with Gasteiger partial charge in [0, 0.05) is 112 Å². The highest BCUT2D eigenvalue weighted by molar-refractivity contribution is 7.91. The lowest BCUT2D eigenvalue weighted by Gasteiger charge is -2.17. The summed E-state index contributed by atoms with van der Waals surface area (Å²) < 4.78 is 32.2. The maximum atomic E-state index is 13.8. The second-order valence-electron chi connectivity index (χ2n) is 18.7. The van der Waals surface area contributed by atoms with Crippen LogP contribution in [0.15, 0.2) is 47.2 Å². The Bertz CT molecular complexity index is 3080. The van der Waals surface area contributed by atoms with Crippen LogP contribution < -0.4 is 36.7 Å². The third-order valence-corrected chi connectivity index (χ3v) is 15.9. The summed E-state index contributed by atoms with van der Waals surface area (Å²) in [5.41, 5.74) is 12.4. The second-order valence-corrected chi connectivity index (χ2v) is 21.0. The number of ketones is 2. The van der Waals surface area contributed by atoms with Crippen LogP contribution in [0.5, 0.6) is 5.75 Å². The molecular weight excluding hydrogens is 909 g/mol. The van der Waals surface area contributed by atoms with Crippen LogP contribution in [0.1, 0.15) is 124 Å². The van der Waals surface area contributed by atoms with Crippen molar-refractivity contribution in [2.75, 3.05) is 44.3 Å². The number of hydrogen-bond acceptors (Lipinski definition) is 11. The Balaban J connectivity index is 0.907. The van der Waals surface area contributed by atoms with Crippen LogP contribution >= 0.6 is 0 Å². The number of ether oxygens (including phenoxy) is 1. The molecular formula is C53H64N8O8S. The Morgan fingerprint density at radius 3 is 2.44 bits per heavy atom. The van der Waals surface area contributed by atoms with Crippen LogP contribution in [0.25, 0.3) is 29.9 Å². The van der Waals surface area contributed by atoms with Crippen LogP contribution in [0.3, 0.4) is 0 Å². The number of aromatic nitrogens is 3. The largest absolute Gasteiger partial charge is 0.492 e. The zero-order valence-corrected chi connectivity index (χ0v) is 41.4. The van der Waals surface area contributed by atoms with Gasteiger partial charge < -0.3 is 46.1 Å². The van der Waals surface area contributed by atoms with Gasteiger partial charge in [0.2, 0.25) is 5.91 Å². The van der Waals surface area contributed by atoms with Crippen molar-refractivity contribution in [2.24, 2.45) is 22.7 Å². The van der Waals surface area contributed by atoms with Gasteiger partial charge in [0.15, 0.2) is 27.4 Å². The van der Waals surface area contributed by atoms with Gasteiger partial charge in [0.25, 0.3) is 0 Å². The van der Waals surface area contributed by atoms with E-state index in [9.17, 15) is 32.7 Å². The first kappa shape index (κ1) is 49.5. The first-order valence-corrected chi connectivity index (χ1v) is 26.1. The summed E-state index contributed by atoms with van der Waals surface area (Å²) in [6, 6.07) is 6.53. The zero-order valence-electron chi connectivity index (χ0n) is 40.6. The number of guanidine groups is 1. The van der Waals surface area contributed by atoms with Crippen molar-refractivity contribution in [3.8, 4) is 5.75 Å². The fraction of sp³-hybridized carbons (Fsp3) is 0.415. The molecule has 3 aromatic heterocycles. The highest BCUT2D eigenvalue weighted by Crippen LogP contribution is 2.45. The van der Waals surface area contributed by atoms with Gasteiger partial charge in [0.05, 0.1) is 29.7 Å². The van der Waals surface area contributed by atoms with Crippen molar-refractivity contribution in [1.29, 1.82) is 0 Å². The van der Waals surface area contributed by atoms with Crippen molar-refractivity contribution >= 4 is 69.1 Å². The lowest BCUT2D eigenvalue weighted by molar-refractivity contribution is -0.141. The van der Waals surface area contributed by atoms with Gasteiger partial charge in [0.1, 0.15) is 12.4 Å². The number of hydrogen-bond donors (Lipinski definition) is 8. The molecule has 4 aromatic rings. The summed E-state index contributed by atoms with van der Waals surface area (Å²) >= 11 is 0. The third kappa shape index (κ3) is 10.6. The predicted octanol–water partition coefficient (Wildman–Crippen LogP) is 4.96. The zero-order chi connectivity index (χ0) is 49.9. The summed E-state index contributed by atoms with van der Waals surface area (Å²) in [4.78, 5) is 67.7. The number of rotatable bonds is 19. The minimum Gasteiger partial charge on any atom is -0.492 e. The van der Waals surface area contributed by atoms with E-state index in [2.05, 4.69) is 93.7 Å². The smallest absolute Gasteiger partial charge is 0.307 e. The molecule has 0 radical (unpaired) electrons. The number of carboxylic acid groups (broad SMARTS) is 1. The minimum atomic E-state index is -3.93. The maximum Gasteiger partial charge on any atom is 0.307 e. The Labute approximate surface area is 408 Å². The Hall–Kier alpha value is -6.88. The highest BCUT2D eigenvalue weighted by atomic mass is 32.2.